The lowest BCUT2D eigenvalue weighted by Crippen LogP contribution is -2.54. The van der Waals surface area contributed by atoms with Gasteiger partial charge in [-0.3, -0.25) is 14.9 Å². The molecule has 3 aromatic rings. The van der Waals surface area contributed by atoms with Crippen molar-refractivity contribution in [3.63, 3.8) is 0 Å². The average Bonchev–Trinajstić information content (AvgIpc) is 2.75. The Balaban J connectivity index is 1.59. The average molecular weight is 507 g/mol. The van der Waals surface area contributed by atoms with Gasteiger partial charge in [0.25, 0.3) is 11.8 Å². The summed E-state index contributed by atoms with van der Waals surface area (Å²) in [7, 11) is 0. The van der Waals surface area contributed by atoms with Gasteiger partial charge in [-0.05, 0) is 73.5 Å². The highest BCUT2D eigenvalue weighted by atomic mass is 79.9. The van der Waals surface area contributed by atoms with E-state index in [1.54, 1.807) is 36.9 Å². The molecule has 1 heterocycles. The molecule has 4 amide bonds. The van der Waals surface area contributed by atoms with Gasteiger partial charge in [0.1, 0.15) is 5.57 Å². The van der Waals surface area contributed by atoms with E-state index < -0.39 is 17.8 Å². The second-order valence-corrected chi connectivity index (χ2v) is 9.44. The van der Waals surface area contributed by atoms with Gasteiger partial charge in [-0.1, -0.05) is 57.5 Å². The number of amides is 4. The highest BCUT2D eigenvalue weighted by molar-refractivity contribution is 9.10. The number of rotatable bonds is 4. The molecule has 0 aliphatic carbocycles. The molecule has 160 valence electrons. The zero-order valence-corrected chi connectivity index (χ0v) is 19.8. The molecule has 1 fully saturated rings. The Morgan fingerprint density at radius 1 is 0.875 bits per heavy atom. The van der Waals surface area contributed by atoms with Gasteiger partial charge in [0, 0.05) is 14.3 Å². The Morgan fingerprint density at radius 3 is 2.12 bits per heavy atom. The van der Waals surface area contributed by atoms with Gasteiger partial charge in [0.05, 0.1) is 5.69 Å². The largest absolute Gasteiger partial charge is 0.335 e. The summed E-state index contributed by atoms with van der Waals surface area (Å²) in [6.07, 6.45) is 1.51. The first-order valence-corrected chi connectivity index (χ1v) is 11.4. The van der Waals surface area contributed by atoms with Gasteiger partial charge < -0.3 is 0 Å². The maximum atomic E-state index is 13.1. The van der Waals surface area contributed by atoms with Gasteiger partial charge in [-0.15, -0.1) is 0 Å². The van der Waals surface area contributed by atoms with E-state index in [1.165, 1.54) is 11.6 Å². The van der Waals surface area contributed by atoms with E-state index in [4.69, 9.17) is 0 Å². The summed E-state index contributed by atoms with van der Waals surface area (Å²) >= 11 is 5.00. The van der Waals surface area contributed by atoms with Crippen LogP contribution >= 0.6 is 27.7 Å². The van der Waals surface area contributed by atoms with E-state index in [-0.39, 0.29) is 5.57 Å². The SMILES string of the molecule is Cc1ccc(Sc2ccc(/C=C3\C(=O)NC(=O)N(c4ccc(Br)cc4C)C3=O)cc2)cc1. The predicted molar refractivity (Wildman–Crippen MR) is 130 cm³/mol. The number of hydrogen-bond donors (Lipinski definition) is 1. The van der Waals surface area contributed by atoms with Gasteiger partial charge in [0.15, 0.2) is 0 Å². The lowest BCUT2D eigenvalue weighted by molar-refractivity contribution is -0.122. The summed E-state index contributed by atoms with van der Waals surface area (Å²) in [6, 6.07) is 20.3. The highest BCUT2D eigenvalue weighted by Crippen LogP contribution is 2.30. The molecule has 0 spiro atoms. The van der Waals surface area contributed by atoms with E-state index in [2.05, 4.69) is 45.5 Å². The predicted octanol–water partition coefficient (Wildman–Crippen LogP) is 5.88. The van der Waals surface area contributed by atoms with Crippen LogP contribution < -0.4 is 10.2 Å². The number of halogens is 1. The number of urea groups is 1. The number of benzene rings is 3. The normalized spacial score (nSPS) is 15.3. The Hall–Kier alpha value is -3.16. The summed E-state index contributed by atoms with van der Waals surface area (Å²) < 4.78 is 0.832. The number of imide groups is 2. The highest BCUT2D eigenvalue weighted by Gasteiger charge is 2.37. The first-order valence-electron chi connectivity index (χ1n) is 9.84. The Labute approximate surface area is 198 Å². The van der Waals surface area contributed by atoms with Crippen LogP contribution in [0.5, 0.6) is 0 Å². The fourth-order valence-electron chi connectivity index (χ4n) is 3.29. The maximum absolute atomic E-state index is 13.1. The molecule has 32 heavy (non-hydrogen) atoms. The second-order valence-electron chi connectivity index (χ2n) is 7.37. The molecule has 1 saturated heterocycles. The lowest BCUT2D eigenvalue weighted by Gasteiger charge is -2.27. The lowest BCUT2D eigenvalue weighted by atomic mass is 10.1. The first kappa shape index (κ1) is 22.0. The van der Waals surface area contributed by atoms with Crippen LogP contribution in [-0.4, -0.2) is 17.8 Å². The van der Waals surface area contributed by atoms with Crippen LogP contribution in [0.1, 0.15) is 16.7 Å². The van der Waals surface area contributed by atoms with Gasteiger partial charge in [0.2, 0.25) is 0 Å². The number of nitrogens with one attached hydrogen (secondary N) is 1. The van der Waals surface area contributed by atoms with E-state index in [0.717, 1.165) is 24.7 Å². The number of carbonyl (C=O) groups is 3. The van der Waals surface area contributed by atoms with Crippen molar-refractivity contribution < 1.29 is 14.4 Å². The summed E-state index contributed by atoms with van der Waals surface area (Å²) in [4.78, 5) is 41.1. The Morgan fingerprint density at radius 2 is 1.50 bits per heavy atom. The van der Waals surface area contributed by atoms with Gasteiger partial charge in [-0.25, -0.2) is 9.69 Å². The maximum Gasteiger partial charge on any atom is 0.335 e. The molecule has 3 aromatic carbocycles. The first-order chi connectivity index (χ1) is 15.3. The van der Waals surface area contributed by atoms with E-state index in [0.29, 0.717) is 11.3 Å². The molecule has 0 bridgehead atoms. The molecular weight excluding hydrogens is 488 g/mol. The molecule has 5 nitrogen and oxygen atoms in total. The smallest absolute Gasteiger partial charge is 0.273 e. The monoisotopic (exact) mass is 506 g/mol. The van der Waals surface area contributed by atoms with Crippen molar-refractivity contribution >= 4 is 57.3 Å². The number of hydrogen-bond acceptors (Lipinski definition) is 4. The fourth-order valence-corrected chi connectivity index (χ4v) is 4.58. The minimum absolute atomic E-state index is 0.0918. The van der Waals surface area contributed by atoms with Crippen molar-refractivity contribution in [1.29, 1.82) is 0 Å². The molecule has 0 atom stereocenters. The number of barbiturate groups is 1. The van der Waals surface area contributed by atoms with Crippen LogP contribution in [0.3, 0.4) is 0 Å². The third-order valence-electron chi connectivity index (χ3n) is 4.95. The van der Waals surface area contributed by atoms with Crippen LogP contribution in [-0.2, 0) is 9.59 Å². The van der Waals surface area contributed by atoms with Gasteiger partial charge >= 0.3 is 6.03 Å². The molecule has 1 aliphatic rings. The van der Waals surface area contributed by atoms with Crippen molar-refractivity contribution in [3.05, 3.63) is 93.5 Å². The summed E-state index contributed by atoms with van der Waals surface area (Å²) in [5.41, 5.74) is 2.97. The van der Waals surface area contributed by atoms with Crippen molar-refractivity contribution in [2.24, 2.45) is 0 Å². The Bertz CT molecular complexity index is 1250. The van der Waals surface area contributed by atoms with Crippen molar-refractivity contribution in [2.45, 2.75) is 23.6 Å². The summed E-state index contributed by atoms with van der Waals surface area (Å²) in [5, 5.41) is 2.26. The molecule has 0 radical (unpaired) electrons. The zero-order chi connectivity index (χ0) is 22.8. The molecule has 0 saturated carbocycles. The summed E-state index contributed by atoms with van der Waals surface area (Å²) in [5.74, 6) is -1.36. The van der Waals surface area contributed by atoms with Crippen LogP contribution in [0.4, 0.5) is 10.5 Å². The minimum atomic E-state index is -0.757. The minimum Gasteiger partial charge on any atom is -0.273 e. The van der Waals surface area contributed by atoms with Crippen molar-refractivity contribution in [2.75, 3.05) is 4.90 Å². The number of carbonyl (C=O) groups excluding carboxylic acids is 3. The van der Waals surface area contributed by atoms with E-state index >= 15 is 0 Å². The van der Waals surface area contributed by atoms with Crippen LogP contribution in [0.25, 0.3) is 6.08 Å². The quantitative estimate of drug-likeness (QED) is 0.354. The molecule has 1 aliphatic heterocycles. The molecule has 7 heteroatoms. The topological polar surface area (TPSA) is 66.5 Å². The molecule has 4 rings (SSSR count). The third-order valence-corrected chi connectivity index (χ3v) is 6.46. The zero-order valence-electron chi connectivity index (χ0n) is 17.4. The number of aryl methyl sites for hydroxylation is 2. The van der Waals surface area contributed by atoms with Crippen LogP contribution in [0, 0.1) is 13.8 Å². The summed E-state index contributed by atoms with van der Waals surface area (Å²) in [6.45, 7) is 3.84. The van der Waals surface area contributed by atoms with Gasteiger partial charge in [-0.2, -0.15) is 0 Å². The molecule has 1 N–H and O–H groups in total. The van der Waals surface area contributed by atoms with Crippen LogP contribution in [0.2, 0.25) is 0 Å². The van der Waals surface area contributed by atoms with Crippen molar-refractivity contribution in [3.8, 4) is 0 Å². The van der Waals surface area contributed by atoms with E-state index in [9.17, 15) is 14.4 Å². The Kier molecular flexibility index (Phi) is 6.30. The molecule has 0 unspecified atom stereocenters. The van der Waals surface area contributed by atoms with Crippen LogP contribution in [0.15, 0.2) is 86.6 Å². The molecule has 0 aromatic heterocycles. The van der Waals surface area contributed by atoms with Crippen molar-refractivity contribution in [1.82, 2.24) is 5.32 Å². The number of nitrogens with zero attached hydrogens (tertiary/aromatic N) is 1. The third kappa shape index (κ3) is 4.69. The number of anilines is 1. The fraction of sp³-hybridized carbons (Fsp3) is 0.0800. The second kappa shape index (κ2) is 9.14. The van der Waals surface area contributed by atoms with E-state index in [1.807, 2.05) is 31.2 Å². The molecular formula is C25H19BrN2O3S. The standard InChI is InChI=1S/C25H19BrN2O3S/c1-15-3-8-19(9-4-15)32-20-10-5-17(6-11-20)14-21-23(29)27-25(31)28(24(21)30)22-12-7-18(26)13-16(22)2/h3-14H,1-2H3,(H,27,29,31)/b21-14+.